The van der Waals surface area contributed by atoms with Gasteiger partial charge < -0.3 is 5.32 Å². The minimum atomic E-state index is 1.00. The second kappa shape index (κ2) is 5.90. The van der Waals surface area contributed by atoms with Gasteiger partial charge in [-0.15, -0.1) is 11.3 Å². The monoisotopic (exact) mass is 284 g/mol. The number of benzene rings is 1. The van der Waals surface area contributed by atoms with Crippen LogP contribution in [0, 0.1) is 6.92 Å². The number of nitrogens with zero attached hydrogens (tertiary/aromatic N) is 1. The Kier molecular flexibility index (Phi) is 3.99. The summed E-state index contributed by atoms with van der Waals surface area (Å²) in [5.74, 6) is 0. The SMILES string of the molecule is CNCC/C=C1\c2ccccc2CCc2sc(C)nc21. The largest absolute Gasteiger partial charge is 0.319 e. The summed E-state index contributed by atoms with van der Waals surface area (Å²) < 4.78 is 0. The molecule has 0 saturated carbocycles. The molecule has 0 aliphatic heterocycles. The number of nitrogens with one attached hydrogen (secondary N) is 1. The molecule has 1 aliphatic rings. The van der Waals surface area contributed by atoms with Crippen molar-refractivity contribution in [2.24, 2.45) is 0 Å². The van der Waals surface area contributed by atoms with E-state index in [2.05, 4.69) is 42.6 Å². The molecule has 1 aromatic heterocycles. The van der Waals surface area contributed by atoms with Crippen LogP contribution in [0.3, 0.4) is 0 Å². The maximum absolute atomic E-state index is 4.80. The molecule has 1 aliphatic carbocycles. The normalized spacial score (nSPS) is 15.8. The van der Waals surface area contributed by atoms with E-state index in [9.17, 15) is 0 Å². The molecule has 3 heteroatoms. The fourth-order valence-corrected chi connectivity index (χ4v) is 3.74. The Morgan fingerprint density at radius 2 is 2.15 bits per heavy atom. The van der Waals surface area contributed by atoms with Crippen LogP contribution in [0.2, 0.25) is 0 Å². The fraction of sp³-hybridized carbons (Fsp3) is 0.353. The van der Waals surface area contributed by atoms with E-state index in [1.807, 2.05) is 18.4 Å². The molecule has 0 radical (unpaired) electrons. The van der Waals surface area contributed by atoms with Crippen molar-refractivity contribution < 1.29 is 0 Å². The Balaban J connectivity index is 2.10. The minimum Gasteiger partial charge on any atom is -0.319 e. The molecule has 0 atom stereocenters. The van der Waals surface area contributed by atoms with Gasteiger partial charge in [0.15, 0.2) is 0 Å². The van der Waals surface area contributed by atoms with E-state index >= 15 is 0 Å². The highest BCUT2D eigenvalue weighted by Crippen LogP contribution is 2.35. The lowest BCUT2D eigenvalue weighted by Gasteiger charge is -2.09. The van der Waals surface area contributed by atoms with E-state index in [1.165, 1.54) is 32.3 Å². The van der Waals surface area contributed by atoms with Crippen molar-refractivity contribution in [1.29, 1.82) is 0 Å². The third-order valence-corrected chi connectivity index (χ3v) is 4.76. The van der Waals surface area contributed by atoms with Gasteiger partial charge >= 0.3 is 0 Å². The number of hydrogen-bond acceptors (Lipinski definition) is 3. The summed E-state index contributed by atoms with van der Waals surface area (Å²) in [5.41, 5.74) is 5.36. The van der Waals surface area contributed by atoms with Crippen LogP contribution in [0.25, 0.3) is 5.57 Å². The van der Waals surface area contributed by atoms with E-state index < -0.39 is 0 Å². The molecule has 0 unspecified atom stereocenters. The first kappa shape index (κ1) is 13.5. The Hall–Kier alpha value is -1.45. The summed E-state index contributed by atoms with van der Waals surface area (Å²) in [7, 11) is 2.00. The number of aryl methyl sites for hydroxylation is 3. The minimum absolute atomic E-state index is 1.00. The van der Waals surface area contributed by atoms with Gasteiger partial charge in [0.1, 0.15) is 0 Å². The number of rotatable bonds is 3. The van der Waals surface area contributed by atoms with Crippen LogP contribution >= 0.6 is 11.3 Å². The molecule has 0 amide bonds. The first-order valence-corrected chi connectivity index (χ1v) is 8.01. The molecule has 2 nitrogen and oxygen atoms in total. The fourth-order valence-electron chi connectivity index (χ4n) is 2.79. The molecule has 2 aromatic rings. The molecule has 0 fully saturated rings. The summed E-state index contributed by atoms with van der Waals surface area (Å²) in [5, 5.41) is 4.39. The summed E-state index contributed by atoms with van der Waals surface area (Å²) >= 11 is 1.85. The standard InChI is InChI=1S/C17H20N2S/c1-12-19-17-15(8-5-11-18-2)14-7-4-3-6-13(14)9-10-16(17)20-12/h3-4,6-8,18H,5,9-11H2,1-2H3/b15-8+. The van der Waals surface area contributed by atoms with Crippen LogP contribution in [0.1, 0.15) is 33.1 Å². The predicted molar refractivity (Wildman–Crippen MR) is 86.3 cm³/mol. The Morgan fingerprint density at radius 3 is 3.00 bits per heavy atom. The number of thiazole rings is 1. The summed E-state index contributed by atoms with van der Waals surface area (Å²) in [6, 6.07) is 8.77. The van der Waals surface area contributed by atoms with Crippen LogP contribution in [-0.4, -0.2) is 18.6 Å². The third-order valence-electron chi connectivity index (χ3n) is 3.73. The zero-order chi connectivity index (χ0) is 13.9. The molecular weight excluding hydrogens is 264 g/mol. The number of aromatic nitrogens is 1. The zero-order valence-corrected chi connectivity index (χ0v) is 12.9. The van der Waals surface area contributed by atoms with E-state index in [1.54, 1.807) is 0 Å². The van der Waals surface area contributed by atoms with Gasteiger partial charge in [-0.2, -0.15) is 0 Å². The average Bonchev–Trinajstić information content (AvgIpc) is 2.76. The van der Waals surface area contributed by atoms with E-state index in [4.69, 9.17) is 4.98 Å². The lowest BCUT2D eigenvalue weighted by atomic mass is 9.97. The number of hydrogen-bond donors (Lipinski definition) is 1. The second-order valence-corrected chi connectivity index (χ2v) is 6.46. The van der Waals surface area contributed by atoms with Crippen molar-refractivity contribution in [3.05, 3.63) is 57.0 Å². The maximum atomic E-state index is 4.80. The summed E-state index contributed by atoms with van der Waals surface area (Å²) in [6.07, 6.45) is 5.62. The molecule has 3 rings (SSSR count). The van der Waals surface area contributed by atoms with Gasteiger partial charge in [-0.05, 0) is 50.9 Å². The zero-order valence-electron chi connectivity index (χ0n) is 12.1. The van der Waals surface area contributed by atoms with Gasteiger partial charge in [-0.25, -0.2) is 4.98 Å². The highest BCUT2D eigenvalue weighted by atomic mass is 32.1. The molecule has 1 aromatic carbocycles. The van der Waals surface area contributed by atoms with Gasteiger partial charge in [0.05, 0.1) is 10.7 Å². The lowest BCUT2D eigenvalue weighted by molar-refractivity contribution is 0.808. The van der Waals surface area contributed by atoms with E-state index in [-0.39, 0.29) is 0 Å². The summed E-state index contributed by atoms with van der Waals surface area (Å²) in [4.78, 5) is 6.24. The van der Waals surface area contributed by atoms with Crippen molar-refractivity contribution in [1.82, 2.24) is 10.3 Å². The van der Waals surface area contributed by atoms with Crippen LogP contribution in [0.15, 0.2) is 30.3 Å². The van der Waals surface area contributed by atoms with E-state index in [0.717, 1.165) is 25.8 Å². The van der Waals surface area contributed by atoms with E-state index in [0.29, 0.717) is 0 Å². The topological polar surface area (TPSA) is 24.9 Å². The van der Waals surface area contributed by atoms with Gasteiger partial charge in [-0.1, -0.05) is 30.3 Å². The quantitative estimate of drug-likeness (QED) is 0.871. The highest BCUT2D eigenvalue weighted by molar-refractivity contribution is 7.11. The van der Waals surface area contributed by atoms with Crippen molar-refractivity contribution >= 4 is 16.9 Å². The molecule has 104 valence electrons. The highest BCUT2D eigenvalue weighted by Gasteiger charge is 2.20. The molecule has 0 spiro atoms. The van der Waals surface area contributed by atoms with Gasteiger partial charge in [-0.3, -0.25) is 0 Å². The maximum Gasteiger partial charge on any atom is 0.0904 e. The van der Waals surface area contributed by atoms with Crippen molar-refractivity contribution in [2.45, 2.75) is 26.2 Å². The van der Waals surface area contributed by atoms with Gasteiger partial charge in [0, 0.05) is 10.5 Å². The summed E-state index contributed by atoms with van der Waals surface area (Å²) in [6.45, 7) is 3.11. The molecule has 0 saturated heterocycles. The first-order valence-electron chi connectivity index (χ1n) is 7.19. The Bertz CT molecular complexity index is 640. The van der Waals surface area contributed by atoms with Gasteiger partial charge in [0.2, 0.25) is 0 Å². The molecular formula is C17H20N2S. The van der Waals surface area contributed by atoms with Crippen LogP contribution in [-0.2, 0) is 12.8 Å². The predicted octanol–water partition coefficient (Wildman–Crippen LogP) is 3.59. The molecule has 0 bridgehead atoms. The average molecular weight is 284 g/mol. The van der Waals surface area contributed by atoms with Crippen molar-refractivity contribution in [3.8, 4) is 0 Å². The molecule has 1 heterocycles. The first-order chi connectivity index (χ1) is 9.79. The van der Waals surface area contributed by atoms with Crippen molar-refractivity contribution in [2.75, 3.05) is 13.6 Å². The van der Waals surface area contributed by atoms with Crippen molar-refractivity contribution in [3.63, 3.8) is 0 Å². The second-order valence-electron chi connectivity index (χ2n) is 5.17. The molecule has 1 N–H and O–H groups in total. The Morgan fingerprint density at radius 1 is 1.30 bits per heavy atom. The lowest BCUT2D eigenvalue weighted by Crippen LogP contribution is -2.06. The van der Waals surface area contributed by atoms with Gasteiger partial charge in [0.25, 0.3) is 0 Å². The molecule has 20 heavy (non-hydrogen) atoms. The number of fused-ring (bicyclic) bond motifs is 2. The Labute approximate surface area is 124 Å². The third kappa shape index (κ3) is 2.56. The van der Waals surface area contributed by atoms with Crippen LogP contribution in [0.5, 0.6) is 0 Å². The van der Waals surface area contributed by atoms with Crippen LogP contribution in [0.4, 0.5) is 0 Å². The van der Waals surface area contributed by atoms with Crippen LogP contribution < -0.4 is 5.32 Å². The smallest absolute Gasteiger partial charge is 0.0904 e.